The molecule has 198 valence electrons. The summed E-state index contributed by atoms with van der Waals surface area (Å²) in [4.78, 5) is 81.5. The minimum Gasteiger partial charge on any atom is -0.481 e. The summed E-state index contributed by atoms with van der Waals surface area (Å²) in [6.07, 6.45) is -2.61. The van der Waals surface area contributed by atoms with Gasteiger partial charge in [0, 0.05) is 12.8 Å². The van der Waals surface area contributed by atoms with Crippen molar-refractivity contribution in [3.63, 3.8) is 0 Å². The van der Waals surface area contributed by atoms with Gasteiger partial charge in [-0.15, -0.1) is 0 Å². The second-order valence-corrected chi connectivity index (χ2v) is 8.22. The van der Waals surface area contributed by atoms with Crippen molar-refractivity contribution in [2.45, 2.75) is 76.5 Å². The fourth-order valence-electron chi connectivity index (χ4n) is 2.87. The summed E-state index contributed by atoms with van der Waals surface area (Å²) in [5.41, 5.74) is 5.47. The van der Waals surface area contributed by atoms with Gasteiger partial charge < -0.3 is 42.1 Å². The van der Waals surface area contributed by atoms with Crippen molar-refractivity contribution < 1.29 is 54.0 Å². The van der Waals surface area contributed by atoms with Crippen LogP contribution in [-0.2, 0) is 33.6 Å². The van der Waals surface area contributed by atoms with Gasteiger partial charge in [-0.25, -0.2) is 4.79 Å². The van der Waals surface area contributed by atoms with Crippen LogP contribution in [0.4, 0.5) is 0 Å². The third-order valence-corrected chi connectivity index (χ3v) is 4.61. The molecule has 0 saturated heterocycles. The highest BCUT2D eigenvalue weighted by atomic mass is 16.4. The highest BCUT2D eigenvalue weighted by Crippen LogP contribution is 2.09. The highest BCUT2D eigenvalue weighted by Gasteiger charge is 2.31. The van der Waals surface area contributed by atoms with Crippen LogP contribution in [0.5, 0.6) is 0 Å². The first kappa shape index (κ1) is 31.2. The fourth-order valence-corrected chi connectivity index (χ4v) is 2.87. The maximum absolute atomic E-state index is 12.8. The Morgan fingerprint density at radius 3 is 1.51 bits per heavy atom. The summed E-state index contributed by atoms with van der Waals surface area (Å²) in [6.45, 7) is 3.42. The summed E-state index contributed by atoms with van der Waals surface area (Å²) in [6, 6.07) is -5.84. The molecule has 0 aliphatic heterocycles. The molecule has 0 spiro atoms. The second kappa shape index (κ2) is 15.2. The minimum atomic E-state index is -1.54. The van der Waals surface area contributed by atoms with E-state index in [2.05, 4.69) is 16.0 Å². The molecule has 0 bridgehead atoms. The van der Waals surface area contributed by atoms with E-state index in [9.17, 15) is 38.7 Å². The van der Waals surface area contributed by atoms with Gasteiger partial charge in [0.25, 0.3) is 0 Å². The Morgan fingerprint density at radius 2 is 1.09 bits per heavy atom. The third kappa shape index (κ3) is 13.5. The van der Waals surface area contributed by atoms with E-state index >= 15 is 0 Å². The molecule has 0 heterocycles. The molecule has 0 radical (unpaired) electrons. The Bertz CT molecular complexity index is 815. The standard InChI is InChI=1S/C20H32N4O11/c1-9(2)7-13(19(33)23-12(20(34)35)4-6-15(27)28)24-18(32)11(3-5-14(25)26)22-17(31)10(21)8-16(29)30/h9-13H,3-8,21H2,1-2H3,(H,22,31)(H,23,33)(H,24,32)(H,25,26)(H,27,28)(H,29,30)(H,34,35). The van der Waals surface area contributed by atoms with Gasteiger partial charge in [0.1, 0.15) is 18.1 Å². The lowest BCUT2D eigenvalue weighted by molar-refractivity contribution is -0.143. The molecule has 0 aliphatic carbocycles. The molecular weight excluding hydrogens is 472 g/mol. The van der Waals surface area contributed by atoms with Crippen LogP contribution in [0.25, 0.3) is 0 Å². The van der Waals surface area contributed by atoms with E-state index in [1.54, 1.807) is 13.8 Å². The first-order chi connectivity index (χ1) is 16.1. The van der Waals surface area contributed by atoms with Crippen molar-refractivity contribution in [3.05, 3.63) is 0 Å². The molecule has 0 aromatic rings. The third-order valence-electron chi connectivity index (χ3n) is 4.61. The molecule has 15 heteroatoms. The molecule has 0 fully saturated rings. The summed E-state index contributed by atoms with van der Waals surface area (Å²) < 4.78 is 0. The molecule has 15 nitrogen and oxygen atoms in total. The van der Waals surface area contributed by atoms with E-state index in [-0.39, 0.29) is 12.3 Å². The Balaban J connectivity index is 5.58. The van der Waals surface area contributed by atoms with Crippen LogP contribution in [0.15, 0.2) is 0 Å². The number of carbonyl (C=O) groups excluding carboxylic acids is 3. The van der Waals surface area contributed by atoms with E-state index in [0.717, 1.165) is 0 Å². The molecule has 35 heavy (non-hydrogen) atoms. The van der Waals surface area contributed by atoms with Crippen molar-refractivity contribution in [3.8, 4) is 0 Å². The van der Waals surface area contributed by atoms with Crippen LogP contribution in [0, 0.1) is 5.92 Å². The predicted octanol–water partition coefficient (Wildman–Crippen LogP) is -1.90. The van der Waals surface area contributed by atoms with Crippen LogP contribution >= 0.6 is 0 Å². The molecule has 3 amide bonds. The monoisotopic (exact) mass is 504 g/mol. The second-order valence-electron chi connectivity index (χ2n) is 8.22. The zero-order valence-corrected chi connectivity index (χ0v) is 19.4. The lowest BCUT2D eigenvalue weighted by Gasteiger charge is -2.25. The van der Waals surface area contributed by atoms with Gasteiger partial charge in [0.2, 0.25) is 17.7 Å². The zero-order chi connectivity index (χ0) is 27.3. The van der Waals surface area contributed by atoms with E-state index in [1.807, 2.05) is 0 Å². The molecule has 4 atom stereocenters. The van der Waals surface area contributed by atoms with E-state index < -0.39 is 97.9 Å². The van der Waals surface area contributed by atoms with E-state index in [4.69, 9.17) is 21.1 Å². The number of carbonyl (C=O) groups is 7. The number of nitrogens with one attached hydrogen (secondary N) is 3. The Kier molecular flexibility index (Phi) is 13.6. The first-order valence-electron chi connectivity index (χ1n) is 10.7. The number of aliphatic carboxylic acids is 4. The Morgan fingerprint density at radius 1 is 0.657 bits per heavy atom. The minimum absolute atomic E-state index is 0.0287. The van der Waals surface area contributed by atoms with Gasteiger partial charge in [-0.05, 0) is 25.2 Å². The maximum atomic E-state index is 12.8. The summed E-state index contributed by atoms with van der Waals surface area (Å²) >= 11 is 0. The van der Waals surface area contributed by atoms with E-state index in [0.29, 0.717) is 0 Å². The van der Waals surface area contributed by atoms with Gasteiger partial charge in [-0.2, -0.15) is 0 Å². The number of carboxylic acid groups (broad SMARTS) is 4. The molecule has 4 unspecified atom stereocenters. The van der Waals surface area contributed by atoms with Crippen LogP contribution in [0.1, 0.15) is 52.4 Å². The number of hydrogen-bond donors (Lipinski definition) is 8. The van der Waals surface area contributed by atoms with Crippen molar-refractivity contribution in [2.24, 2.45) is 11.7 Å². The Hall–Kier alpha value is -3.75. The highest BCUT2D eigenvalue weighted by molar-refractivity contribution is 5.95. The summed E-state index contributed by atoms with van der Waals surface area (Å²) in [5, 5.41) is 42.4. The smallest absolute Gasteiger partial charge is 0.326 e. The topological polar surface area (TPSA) is 263 Å². The van der Waals surface area contributed by atoms with Gasteiger partial charge in [0.05, 0.1) is 12.5 Å². The fraction of sp³-hybridized carbons (Fsp3) is 0.650. The van der Waals surface area contributed by atoms with E-state index in [1.165, 1.54) is 0 Å². The van der Waals surface area contributed by atoms with Crippen molar-refractivity contribution >= 4 is 41.6 Å². The number of rotatable bonds is 17. The molecule has 0 aromatic heterocycles. The van der Waals surface area contributed by atoms with Crippen molar-refractivity contribution in [2.75, 3.05) is 0 Å². The SMILES string of the molecule is CC(C)CC(NC(=O)C(CCC(=O)O)NC(=O)C(N)CC(=O)O)C(=O)NC(CCC(=O)O)C(=O)O. The van der Waals surface area contributed by atoms with Crippen LogP contribution in [0.3, 0.4) is 0 Å². The number of nitrogens with two attached hydrogens (primary N) is 1. The van der Waals surface area contributed by atoms with Crippen LogP contribution in [-0.4, -0.2) is 86.2 Å². The van der Waals surface area contributed by atoms with Crippen LogP contribution in [0.2, 0.25) is 0 Å². The zero-order valence-electron chi connectivity index (χ0n) is 19.4. The molecular formula is C20H32N4O11. The van der Waals surface area contributed by atoms with Crippen molar-refractivity contribution in [1.29, 1.82) is 0 Å². The lowest BCUT2D eigenvalue weighted by atomic mass is 10.0. The van der Waals surface area contributed by atoms with Gasteiger partial charge in [-0.3, -0.25) is 28.8 Å². The van der Waals surface area contributed by atoms with Gasteiger partial charge in [0.15, 0.2) is 0 Å². The Labute approximate surface area is 200 Å². The van der Waals surface area contributed by atoms with Gasteiger partial charge >= 0.3 is 23.9 Å². The molecule has 0 saturated carbocycles. The number of amides is 3. The molecule has 0 aromatic carbocycles. The largest absolute Gasteiger partial charge is 0.481 e. The number of hydrogen-bond acceptors (Lipinski definition) is 8. The maximum Gasteiger partial charge on any atom is 0.326 e. The summed E-state index contributed by atoms with van der Waals surface area (Å²) in [7, 11) is 0. The normalized spacial score (nSPS) is 14.2. The quantitative estimate of drug-likeness (QED) is 0.108. The average molecular weight is 504 g/mol. The number of carboxylic acids is 4. The first-order valence-corrected chi connectivity index (χ1v) is 10.7. The molecule has 0 rings (SSSR count). The van der Waals surface area contributed by atoms with Crippen LogP contribution < -0.4 is 21.7 Å². The van der Waals surface area contributed by atoms with Gasteiger partial charge in [-0.1, -0.05) is 13.8 Å². The predicted molar refractivity (Wildman–Crippen MR) is 117 cm³/mol. The average Bonchev–Trinajstić information content (AvgIpc) is 2.71. The lowest BCUT2D eigenvalue weighted by Crippen LogP contribution is -2.57. The summed E-state index contributed by atoms with van der Waals surface area (Å²) in [5.74, 6) is -8.50. The molecule has 0 aliphatic rings. The molecule has 9 N–H and O–H groups in total. The van der Waals surface area contributed by atoms with Crippen molar-refractivity contribution in [1.82, 2.24) is 16.0 Å².